The van der Waals surface area contributed by atoms with Crippen LogP contribution in [0.1, 0.15) is 66.2 Å². The molecule has 0 fully saturated rings. The van der Waals surface area contributed by atoms with Gasteiger partial charge >= 0.3 is 5.97 Å². The number of hydrogen-bond donors (Lipinski definition) is 0. The number of carbonyl (C=O) groups excluding carboxylic acids is 1. The number of carbonyl (C=O) groups is 1. The minimum Gasteiger partial charge on any atom is -0.462 e. The largest absolute Gasteiger partial charge is 0.462 e. The number of rotatable bonds is 2. The van der Waals surface area contributed by atoms with Gasteiger partial charge in [-0.15, -0.1) is 0 Å². The molecule has 0 heterocycles. The summed E-state index contributed by atoms with van der Waals surface area (Å²) in [5, 5.41) is 0. The zero-order valence-corrected chi connectivity index (χ0v) is 12.7. The normalized spacial score (nSPS) is 16.9. The van der Waals surface area contributed by atoms with Gasteiger partial charge in [0.25, 0.3) is 0 Å². The fourth-order valence-electron chi connectivity index (χ4n) is 3.31. The van der Waals surface area contributed by atoms with Gasteiger partial charge in [0, 0.05) is 0 Å². The van der Waals surface area contributed by atoms with E-state index >= 15 is 0 Å². The lowest BCUT2D eigenvalue weighted by Gasteiger charge is -2.34. The zero-order chi connectivity index (χ0) is 14.2. The standard InChI is InChI=1S/C17H24O2/c1-6-19-16(18)15-11(2)10-14-13(12(15)3)8-7-9-17(14,4)5/h10H,6-9H2,1-5H3. The Morgan fingerprint density at radius 2 is 2.05 bits per heavy atom. The van der Waals surface area contributed by atoms with Crippen molar-refractivity contribution < 1.29 is 9.53 Å². The molecule has 2 heteroatoms. The second kappa shape index (κ2) is 4.99. The highest BCUT2D eigenvalue weighted by atomic mass is 16.5. The predicted octanol–water partition coefficient (Wildman–Crippen LogP) is 4.09. The van der Waals surface area contributed by atoms with Crippen molar-refractivity contribution >= 4 is 5.97 Å². The third-order valence-electron chi connectivity index (χ3n) is 4.35. The molecule has 0 unspecified atom stereocenters. The quantitative estimate of drug-likeness (QED) is 0.748. The highest BCUT2D eigenvalue weighted by Gasteiger charge is 2.30. The molecule has 1 aliphatic rings. The van der Waals surface area contributed by atoms with E-state index in [1.54, 1.807) is 0 Å². The Hall–Kier alpha value is -1.31. The lowest BCUT2D eigenvalue weighted by atomic mass is 9.70. The summed E-state index contributed by atoms with van der Waals surface area (Å²) in [6.07, 6.45) is 3.50. The smallest absolute Gasteiger partial charge is 0.338 e. The molecule has 0 amide bonds. The first kappa shape index (κ1) is 14.1. The van der Waals surface area contributed by atoms with Gasteiger partial charge in [0.15, 0.2) is 0 Å². The summed E-state index contributed by atoms with van der Waals surface area (Å²) in [6.45, 7) is 11.0. The molecule has 0 saturated carbocycles. The van der Waals surface area contributed by atoms with Crippen LogP contribution in [0.5, 0.6) is 0 Å². The van der Waals surface area contributed by atoms with Crippen LogP contribution in [0.2, 0.25) is 0 Å². The molecular formula is C17H24O2. The van der Waals surface area contributed by atoms with E-state index in [2.05, 4.69) is 26.8 Å². The summed E-state index contributed by atoms with van der Waals surface area (Å²) >= 11 is 0. The summed E-state index contributed by atoms with van der Waals surface area (Å²) in [4.78, 5) is 12.1. The minimum absolute atomic E-state index is 0.177. The van der Waals surface area contributed by atoms with Crippen molar-refractivity contribution in [3.63, 3.8) is 0 Å². The van der Waals surface area contributed by atoms with Crippen LogP contribution < -0.4 is 0 Å². The molecule has 1 aromatic carbocycles. The van der Waals surface area contributed by atoms with Crippen molar-refractivity contribution in [3.05, 3.63) is 33.9 Å². The number of hydrogen-bond acceptors (Lipinski definition) is 2. The molecule has 0 atom stereocenters. The van der Waals surface area contributed by atoms with Gasteiger partial charge < -0.3 is 4.74 Å². The molecule has 1 aromatic rings. The molecule has 2 nitrogen and oxygen atoms in total. The van der Waals surface area contributed by atoms with Crippen molar-refractivity contribution in [2.24, 2.45) is 0 Å². The fourth-order valence-corrected chi connectivity index (χ4v) is 3.31. The molecule has 1 aliphatic carbocycles. The van der Waals surface area contributed by atoms with E-state index in [0.717, 1.165) is 23.1 Å². The zero-order valence-electron chi connectivity index (χ0n) is 12.7. The maximum Gasteiger partial charge on any atom is 0.338 e. The van der Waals surface area contributed by atoms with Crippen molar-refractivity contribution in [1.29, 1.82) is 0 Å². The summed E-state index contributed by atoms with van der Waals surface area (Å²) in [7, 11) is 0. The van der Waals surface area contributed by atoms with E-state index in [9.17, 15) is 4.79 Å². The number of aryl methyl sites for hydroxylation is 1. The van der Waals surface area contributed by atoms with Crippen LogP contribution in [0.25, 0.3) is 0 Å². The van der Waals surface area contributed by atoms with Gasteiger partial charge in [0.1, 0.15) is 0 Å². The molecule has 19 heavy (non-hydrogen) atoms. The molecule has 0 aromatic heterocycles. The molecule has 0 aliphatic heterocycles. The minimum atomic E-state index is -0.177. The fraction of sp³-hybridized carbons (Fsp3) is 0.588. The lowest BCUT2D eigenvalue weighted by Crippen LogP contribution is -2.26. The number of esters is 1. The highest BCUT2D eigenvalue weighted by molar-refractivity contribution is 5.93. The number of ether oxygens (including phenoxy) is 1. The average molecular weight is 260 g/mol. The maximum absolute atomic E-state index is 12.1. The monoisotopic (exact) mass is 260 g/mol. The van der Waals surface area contributed by atoms with Crippen molar-refractivity contribution in [2.75, 3.05) is 6.61 Å². The van der Waals surface area contributed by atoms with Gasteiger partial charge in [-0.1, -0.05) is 19.9 Å². The van der Waals surface area contributed by atoms with Gasteiger partial charge in [-0.2, -0.15) is 0 Å². The molecule has 0 spiro atoms. The van der Waals surface area contributed by atoms with Gasteiger partial charge in [-0.25, -0.2) is 4.79 Å². The topological polar surface area (TPSA) is 26.3 Å². The summed E-state index contributed by atoms with van der Waals surface area (Å²) in [5.41, 5.74) is 5.95. The Labute approximate surface area is 116 Å². The van der Waals surface area contributed by atoms with Crippen molar-refractivity contribution in [2.45, 2.75) is 59.3 Å². The Kier molecular flexibility index (Phi) is 3.71. The average Bonchev–Trinajstić information content (AvgIpc) is 2.31. The van der Waals surface area contributed by atoms with E-state index in [-0.39, 0.29) is 11.4 Å². The third kappa shape index (κ3) is 2.41. The number of benzene rings is 1. The Morgan fingerprint density at radius 1 is 1.37 bits per heavy atom. The number of fused-ring (bicyclic) bond motifs is 1. The maximum atomic E-state index is 12.1. The van der Waals surface area contributed by atoms with E-state index in [1.165, 1.54) is 24.0 Å². The first-order valence-electron chi connectivity index (χ1n) is 7.19. The first-order valence-corrected chi connectivity index (χ1v) is 7.19. The summed E-state index contributed by atoms with van der Waals surface area (Å²) in [6, 6.07) is 2.20. The van der Waals surface area contributed by atoms with Gasteiger partial charge in [-0.05, 0) is 67.7 Å². The van der Waals surface area contributed by atoms with Crippen LogP contribution in [0.15, 0.2) is 6.07 Å². The third-order valence-corrected chi connectivity index (χ3v) is 4.35. The van der Waals surface area contributed by atoms with Crippen molar-refractivity contribution in [3.8, 4) is 0 Å². The summed E-state index contributed by atoms with van der Waals surface area (Å²) in [5.74, 6) is -0.177. The van der Waals surface area contributed by atoms with Gasteiger partial charge in [0.2, 0.25) is 0 Å². The van der Waals surface area contributed by atoms with Crippen LogP contribution in [0, 0.1) is 13.8 Å². The second-order valence-electron chi connectivity index (χ2n) is 6.18. The van der Waals surface area contributed by atoms with E-state index in [0.29, 0.717) is 6.61 Å². The van der Waals surface area contributed by atoms with Crippen LogP contribution in [0.4, 0.5) is 0 Å². The second-order valence-corrected chi connectivity index (χ2v) is 6.18. The van der Waals surface area contributed by atoms with Crippen molar-refractivity contribution in [1.82, 2.24) is 0 Å². The molecule has 0 saturated heterocycles. The van der Waals surface area contributed by atoms with Crippen LogP contribution in [-0.2, 0) is 16.6 Å². The molecule has 0 bridgehead atoms. The van der Waals surface area contributed by atoms with Gasteiger partial charge in [0.05, 0.1) is 12.2 Å². The van der Waals surface area contributed by atoms with E-state index in [1.807, 2.05) is 13.8 Å². The van der Waals surface area contributed by atoms with Crippen LogP contribution >= 0.6 is 0 Å². The Balaban J connectivity index is 2.59. The SMILES string of the molecule is CCOC(=O)c1c(C)cc2c(c1C)CCCC2(C)C. The van der Waals surface area contributed by atoms with E-state index in [4.69, 9.17) is 4.74 Å². The Morgan fingerprint density at radius 3 is 2.68 bits per heavy atom. The lowest BCUT2D eigenvalue weighted by molar-refractivity contribution is 0.0524. The molecule has 0 radical (unpaired) electrons. The van der Waals surface area contributed by atoms with Crippen LogP contribution in [0.3, 0.4) is 0 Å². The summed E-state index contributed by atoms with van der Waals surface area (Å²) < 4.78 is 5.19. The molecule has 2 rings (SSSR count). The van der Waals surface area contributed by atoms with E-state index < -0.39 is 0 Å². The van der Waals surface area contributed by atoms with Gasteiger partial charge in [-0.3, -0.25) is 0 Å². The Bertz CT molecular complexity index is 512. The molecule has 0 N–H and O–H groups in total. The predicted molar refractivity (Wildman–Crippen MR) is 77.8 cm³/mol. The molecule has 104 valence electrons. The first-order chi connectivity index (χ1) is 8.88. The van der Waals surface area contributed by atoms with Crippen LogP contribution in [-0.4, -0.2) is 12.6 Å². The highest BCUT2D eigenvalue weighted by Crippen LogP contribution is 2.40. The molecular weight excluding hydrogens is 236 g/mol.